The number of para-hydroxylation sites is 1. The quantitative estimate of drug-likeness (QED) is 0.583. The zero-order valence-electron chi connectivity index (χ0n) is 14.2. The lowest BCUT2D eigenvalue weighted by molar-refractivity contribution is 0.103. The molecule has 0 aromatic heterocycles. The molecule has 2 nitrogen and oxygen atoms in total. The molecule has 0 amide bonds. The molecule has 3 rings (SSSR count). The highest BCUT2D eigenvalue weighted by Crippen LogP contribution is 2.33. The van der Waals surface area contributed by atoms with Crippen molar-refractivity contribution >= 4 is 5.78 Å². The molecule has 0 N–H and O–H groups in total. The Labute approximate surface area is 142 Å². The van der Waals surface area contributed by atoms with E-state index in [0.29, 0.717) is 16.9 Å². The third-order valence-electron chi connectivity index (χ3n) is 4.36. The summed E-state index contributed by atoms with van der Waals surface area (Å²) in [5, 5.41) is 0. The van der Waals surface area contributed by atoms with Gasteiger partial charge in [-0.25, -0.2) is 0 Å². The van der Waals surface area contributed by atoms with E-state index in [1.807, 2.05) is 87.5 Å². The molecule has 2 heteroatoms. The highest BCUT2D eigenvalue weighted by atomic mass is 16.5. The van der Waals surface area contributed by atoms with Crippen molar-refractivity contribution in [1.82, 2.24) is 0 Å². The largest absolute Gasteiger partial charge is 0.457 e. The zero-order chi connectivity index (χ0) is 17.1. The molecule has 0 atom stereocenters. The molecule has 0 radical (unpaired) electrons. The second-order valence-electron chi connectivity index (χ2n) is 5.93. The number of carbonyl (C=O) groups is 1. The number of hydrogen-bond acceptors (Lipinski definition) is 2. The van der Waals surface area contributed by atoms with Crippen LogP contribution in [0.2, 0.25) is 0 Å². The van der Waals surface area contributed by atoms with E-state index in [-0.39, 0.29) is 5.78 Å². The van der Waals surface area contributed by atoms with E-state index >= 15 is 0 Å². The Hall–Kier alpha value is -2.87. The number of hydrogen-bond donors (Lipinski definition) is 0. The first-order valence-corrected chi connectivity index (χ1v) is 8.01. The van der Waals surface area contributed by atoms with Gasteiger partial charge in [-0.05, 0) is 55.7 Å². The summed E-state index contributed by atoms with van der Waals surface area (Å²) < 4.78 is 6.05. The highest BCUT2D eigenvalue weighted by molar-refractivity contribution is 6.12. The summed E-state index contributed by atoms with van der Waals surface area (Å²) in [6.07, 6.45) is 0. The molecule has 0 heterocycles. The summed E-state index contributed by atoms with van der Waals surface area (Å²) >= 11 is 0. The standard InChI is InChI=1S/C22H20O2/c1-15-14-20(24-19-12-8-5-9-13-19)21(17(3)16(15)2)22(23)18-10-6-4-7-11-18/h4-14H,1-3H3. The number of rotatable bonds is 4. The second kappa shape index (κ2) is 6.71. The predicted molar refractivity (Wildman–Crippen MR) is 97.0 cm³/mol. The van der Waals surface area contributed by atoms with Gasteiger partial charge >= 0.3 is 0 Å². The Balaban J connectivity index is 2.13. The lowest BCUT2D eigenvalue weighted by atomic mass is 9.92. The minimum absolute atomic E-state index is 0.0119. The van der Waals surface area contributed by atoms with Gasteiger partial charge in [-0.3, -0.25) is 4.79 Å². The van der Waals surface area contributed by atoms with Gasteiger partial charge in [0.1, 0.15) is 11.5 Å². The van der Waals surface area contributed by atoms with Crippen LogP contribution in [0.15, 0.2) is 66.7 Å². The fourth-order valence-electron chi connectivity index (χ4n) is 2.76. The van der Waals surface area contributed by atoms with Crippen molar-refractivity contribution in [3.63, 3.8) is 0 Å². The molecule has 3 aromatic rings. The molecule has 0 bridgehead atoms. The first-order chi connectivity index (χ1) is 11.6. The van der Waals surface area contributed by atoms with Crippen LogP contribution in [-0.2, 0) is 0 Å². The fourth-order valence-corrected chi connectivity index (χ4v) is 2.76. The van der Waals surface area contributed by atoms with E-state index in [9.17, 15) is 4.79 Å². The van der Waals surface area contributed by atoms with Crippen LogP contribution < -0.4 is 4.74 Å². The van der Waals surface area contributed by atoms with Gasteiger partial charge in [-0.2, -0.15) is 0 Å². The van der Waals surface area contributed by atoms with Crippen molar-refractivity contribution in [1.29, 1.82) is 0 Å². The topological polar surface area (TPSA) is 26.3 Å². The summed E-state index contributed by atoms with van der Waals surface area (Å²) in [4.78, 5) is 13.1. The lowest BCUT2D eigenvalue weighted by Gasteiger charge is -2.17. The van der Waals surface area contributed by atoms with Crippen LogP contribution in [-0.4, -0.2) is 5.78 Å². The summed E-state index contributed by atoms with van der Waals surface area (Å²) in [5.41, 5.74) is 4.50. The molecule has 3 aromatic carbocycles. The Morgan fingerprint density at radius 1 is 0.792 bits per heavy atom. The van der Waals surface area contributed by atoms with Crippen molar-refractivity contribution in [2.45, 2.75) is 20.8 Å². The van der Waals surface area contributed by atoms with Crippen molar-refractivity contribution in [2.24, 2.45) is 0 Å². The average molecular weight is 316 g/mol. The highest BCUT2D eigenvalue weighted by Gasteiger charge is 2.20. The van der Waals surface area contributed by atoms with Gasteiger partial charge < -0.3 is 4.74 Å². The van der Waals surface area contributed by atoms with E-state index in [1.54, 1.807) is 0 Å². The first kappa shape index (κ1) is 16.0. The first-order valence-electron chi connectivity index (χ1n) is 8.01. The molecule has 0 saturated carbocycles. The normalized spacial score (nSPS) is 10.5. The maximum absolute atomic E-state index is 13.1. The van der Waals surface area contributed by atoms with Crippen molar-refractivity contribution in [3.8, 4) is 11.5 Å². The smallest absolute Gasteiger partial charge is 0.197 e. The third kappa shape index (κ3) is 3.09. The van der Waals surface area contributed by atoms with Gasteiger partial charge in [-0.1, -0.05) is 48.5 Å². The lowest BCUT2D eigenvalue weighted by Crippen LogP contribution is -2.08. The maximum atomic E-state index is 13.1. The number of ketones is 1. The van der Waals surface area contributed by atoms with Crippen LogP contribution in [0.5, 0.6) is 11.5 Å². The Kier molecular flexibility index (Phi) is 4.48. The van der Waals surface area contributed by atoms with Gasteiger partial charge in [0, 0.05) is 5.56 Å². The van der Waals surface area contributed by atoms with E-state index in [2.05, 4.69) is 0 Å². The van der Waals surface area contributed by atoms with Crippen LogP contribution in [0.1, 0.15) is 32.6 Å². The predicted octanol–water partition coefficient (Wildman–Crippen LogP) is 5.64. The summed E-state index contributed by atoms with van der Waals surface area (Å²) in [7, 11) is 0. The number of aryl methyl sites for hydroxylation is 1. The van der Waals surface area contributed by atoms with Crippen LogP contribution in [0, 0.1) is 20.8 Å². The van der Waals surface area contributed by atoms with E-state index < -0.39 is 0 Å². The molecule has 0 aliphatic heterocycles. The SMILES string of the molecule is Cc1cc(Oc2ccccc2)c(C(=O)c2ccccc2)c(C)c1C. The zero-order valence-corrected chi connectivity index (χ0v) is 14.2. The molecule has 24 heavy (non-hydrogen) atoms. The molecule has 0 unspecified atom stereocenters. The molecule has 120 valence electrons. The minimum Gasteiger partial charge on any atom is -0.457 e. The van der Waals surface area contributed by atoms with Gasteiger partial charge in [0.15, 0.2) is 5.78 Å². The molecule has 0 aliphatic rings. The fraction of sp³-hybridized carbons (Fsp3) is 0.136. The van der Waals surface area contributed by atoms with E-state index in [4.69, 9.17) is 4.74 Å². The maximum Gasteiger partial charge on any atom is 0.197 e. The number of benzene rings is 3. The Morgan fingerprint density at radius 2 is 1.38 bits per heavy atom. The average Bonchev–Trinajstić information content (AvgIpc) is 2.61. The van der Waals surface area contributed by atoms with Crippen molar-refractivity contribution < 1.29 is 9.53 Å². The van der Waals surface area contributed by atoms with Crippen molar-refractivity contribution in [2.75, 3.05) is 0 Å². The Bertz CT molecular complexity index is 865. The summed E-state index contributed by atoms with van der Waals surface area (Å²) in [5.74, 6) is 1.32. The van der Waals surface area contributed by atoms with Gasteiger partial charge in [-0.15, -0.1) is 0 Å². The van der Waals surface area contributed by atoms with Crippen molar-refractivity contribution in [3.05, 3.63) is 94.5 Å². The number of carbonyl (C=O) groups excluding carboxylic acids is 1. The third-order valence-corrected chi connectivity index (χ3v) is 4.36. The van der Waals surface area contributed by atoms with Crippen LogP contribution in [0.4, 0.5) is 0 Å². The Morgan fingerprint density at radius 3 is 2.00 bits per heavy atom. The molecule has 0 aliphatic carbocycles. The van der Waals surface area contributed by atoms with E-state index in [0.717, 1.165) is 22.4 Å². The summed E-state index contributed by atoms with van der Waals surface area (Å²) in [6.45, 7) is 6.06. The summed E-state index contributed by atoms with van der Waals surface area (Å²) in [6, 6.07) is 20.8. The number of ether oxygens (including phenoxy) is 1. The monoisotopic (exact) mass is 316 g/mol. The molecular formula is C22H20O2. The van der Waals surface area contributed by atoms with Crippen LogP contribution >= 0.6 is 0 Å². The molecular weight excluding hydrogens is 296 g/mol. The molecule has 0 spiro atoms. The molecule has 0 saturated heterocycles. The van der Waals surface area contributed by atoms with Crippen LogP contribution in [0.3, 0.4) is 0 Å². The van der Waals surface area contributed by atoms with E-state index in [1.165, 1.54) is 0 Å². The molecule has 0 fully saturated rings. The minimum atomic E-state index is -0.0119. The van der Waals surface area contributed by atoms with Crippen LogP contribution in [0.25, 0.3) is 0 Å². The van der Waals surface area contributed by atoms with Gasteiger partial charge in [0.2, 0.25) is 0 Å². The second-order valence-corrected chi connectivity index (χ2v) is 5.93. The van der Waals surface area contributed by atoms with Gasteiger partial charge in [0.05, 0.1) is 5.56 Å². The van der Waals surface area contributed by atoms with Gasteiger partial charge in [0.25, 0.3) is 0 Å².